The number of benzene rings is 2. The van der Waals surface area contributed by atoms with E-state index >= 15 is 0 Å². The standard InChI is InChI=1S/C26H31N3O6/c1-15(2)13-27-24(32)16(3)28-25(33)22(12-23(30)31)29-26(34)35-14-21-19-10-6-4-8-17(19)18-9-5-7-11-20(18)21/h4-11,15-16,21-22H,12-14H2,1-3H3,(H,27,32)(H,28,33)(H,29,34)(H,30,31). The van der Waals surface area contributed by atoms with Crippen molar-refractivity contribution in [1.82, 2.24) is 16.0 Å². The Morgan fingerprint density at radius 3 is 2.00 bits per heavy atom. The Morgan fingerprint density at radius 1 is 0.886 bits per heavy atom. The maximum absolute atomic E-state index is 12.6. The summed E-state index contributed by atoms with van der Waals surface area (Å²) < 4.78 is 5.42. The number of carboxylic acid groups (broad SMARTS) is 1. The lowest BCUT2D eigenvalue weighted by Gasteiger charge is -2.21. The van der Waals surface area contributed by atoms with Crippen LogP contribution in [0, 0.1) is 5.92 Å². The van der Waals surface area contributed by atoms with Gasteiger partial charge in [0.1, 0.15) is 18.7 Å². The van der Waals surface area contributed by atoms with Crippen molar-refractivity contribution >= 4 is 23.9 Å². The first-order valence-corrected chi connectivity index (χ1v) is 11.6. The molecule has 0 saturated heterocycles. The van der Waals surface area contributed by atoms with Crippen LogP contribution >= 0.6 is 0 Å². The molecule has 35 heavy (non-hydrogen) atoms. The van der Waals surface area contributed by atoms with E-state index in [1.54, 1.807) is 0 Å². The molecule has 186 valence electrons. The Kier molecular flexibility index (Phi) is 8.46. The number of rotatable bonds is 10. The average molecular weight is 482 g/mol. The molecule has 2 aromatic carbocycles. The molecule has 0 radical (unpaired) electrons. The molecule has 3 rings (SSSR count). The summed E-state index contributed by atoms with van der Waals surface area (Å²) in [5, 5.41) is 16.7. The van der Waals surface area contributed by atoms with Gasteiger partial charge in [-0.2, -0.15) is 0 Å². The molecule has 0 spiro atoms. The molecule has 0 fully saturated rings. The first-order valence-electron chi connectivity index (χ1n) is 11.6. The van der Waals surface area contributed by atoms with Gasteiger partial charge < -0.3 is 25.8 Å². The zero-order chi connectivity index (χ0) is 25.5. The van der Waals surface area contributed by atoms with Gasteiger partial charge >= 0.3 is 12.1 Å². The minimum absolute atomic E-state index is 0.0231. The van der Waals surface area contributed by atoms with Gasteiger partial charge in [0.25, 0.3) is 0 Å². The highest BCUT2D eigenvalue weighted by Crippen LogP contribution is 2.44. The second kappa shape index (κ2) is 11.5. The van der Waals surface area contributed by atoms with Gasteiger partial charge in [-0.3, -0.25) is 14.4 Å². The van der Waals surface area contributed by atoms with Crippen molar-refractivity contribution in [2.45, 2.75) is 45.2 Å². The first-order chi connectivity index (χ1) is 16.7. The van der Waals surface area contributed by atoms with Crippen molar-refractivity contribution < 1.29 is 29.0 Å². The van der Waals surface area contributed by atoms with Crippen LogP contribution in [0.1, 0.15) is 44.2 Å². The van der Waals surface area contributed by atoms with Crippen molar-refractivity contribution in [2.24, 2.45) is 5.92 Å². The van der Waals surface area contributed by atoms with Crippen molar-refractivity contribution in [3.63, 3.8) is 0 Å². The number of alkyl carbamates (subject to hydrolysis) is 1. The molecule has 1 aliphatic rings. The Hall–Kier alpha value is -3.88. The summed E-state index contributed by atoms with van der Waals surface area (Å²) in [6.07, 6.45) is -1.57. The summed E-state index contributed by atoms with van der Waals surface area (Å²) >= 11 is 0. The van der Waals surface area contributed by atoms with Crippen LogP contribution in [0.5, 0.6) is 0 Å². The largest absolute Gasteiger partial charge is 0.481 e. The fourth-order valence-corrected chi connectivity index (χ4v) is 4.00. The van der Waals surface area contributed by atoms with Gasteiger partial charge in [0.05, 0.1) is 6.42 Å². The maximum Gasteiger partial charge on any atom is 0.407 e. The van der Waals surface area contributed by atoms with E-state index in [1.165, 1.54) is 6.92 Å². The van der Waals surface area contributed by atoms with Crippen LogP contribution in [0.25, 0.3) is 11.1 Å². The van der Waals surface area contributed by atoms with Crippen LogP contribution in [0.15, 0.2) is 48.5 Å². The zero-order valence-corrected chi connectivity index (χ0v) is 20.0. The first kappa shape index (κ1) is 25.7. The summed E-state index contributed by atoms with van der Waals surface area (Å²) in [5.41, 5.74) is 4.21. The number of carbonyl (C=O) groups excluding carboxylic acids is 3. The van der Waals surface area contributed by atoms with Crippen LogP contribution in [0.3, 0.4) is 0 Å². The Morgan fingerprint density at radius 2 is 1.46 bits per heavy atom. The smallest absolute Gasteiger partial charge is 0.407 e. The third-order valence-electron chi connectivity index (χ3n) is 5.77. The SMILES string of the molecule is CC(C)CNC(=O)C(C)NC(=O)C(CC(=O)O)NC(=O)OCC1c2ccccc2-c2ccccc21. The third kappa shape index (κ3) is 6.59. The van der Waals surface area contributed by atoms with E-state index in [0.717, 1.165) is 22.3 Å². The topological polar surface area (TPSA) is 134 Å². The summed E-state index contributed by atoms with van der Waals surface area (Å²) in [5.74, 6) is -2.40. The molecule has 2 aromatic rings. The van der Waals surface area contributed by atoms with E-state index in [-0.39, 0.29) is 18.4 Å². The van der Waals surface area contributed by atoms with Crippen molar-refractivity contribution in [2.75, 3.05) is 13.2 Å². The van der Waals surface area contributed by atoms with E-state index in [4.69, 9.17) is 4.74 Å². The number of amides is 3. The molecule has 4 N–H and O–H groups in total. The lowest BCUT2D eigenvalue weighted by atomic mass is 9.98. The van der Waals surface area contributed by atoms with Crippen LogP contribution in [0.4, 0.5) is 4.79 Å². The molecule has 9 nitrogen and oxygen atoms in total. The molecular weight excluding hydrogens is 450 g/mol. The van der Waals surface area contributed by atoms with Crippen molar-refractivity contribution in [3.8, 4) is 11.1 Å². The number of carboxylic acids is 1. The predicted molar refractivity (Wildman–Crippen MR) is 130 cm³/mol. The van der Waals surface area contributed by atoms with E-state index in [0.29, 0.717) is 6.54 Å². The van der Waals surface area contributed by atoms with E-state index < -0.39 is 42.4 Å². The molecule has 1 aliphatic carbocycles. The molecular formula is C26H31N3O6. The molecule has 0 aliphatic heterocycles. The lowest BCUT2D eigenvalue weighted by molar-refractivity contribution is -0.140. The number of fused-ring (bicyclic) bond motifs is 3. The number of ether oxygens (including phenoxy) is 1. The molecule has 3 amide bonds. The maximum atomic E-state index is 12.6. The van der Waals surface area contributed by atoms with Crippen LogP contribution < -0.4 is 16.0 Å². The van der Waals surface area contributed by atoms with Gasteiger partial charge in [0.15, 0.2) is 0 Å². The second-order valence-electron chi connectivity index (χ2n) is 8.99. The summed E-state index contributed by atoms with van der Waals surface area (Å²) in [6, 6.07) is 13.4. The lowest BCUT2D eigenvalue weighted by Crippen LogP contribution is -2.53. The van der Waals surface area contributed by atoms with Crippen LogP contribution in [-0.4, -0.2) is 54.2 Å². The van der Waals surface area contributed by atoms with Crippen LogP contribution in [0.2, 0.25) is 0 Å². The minimum Gasteiger partial charge on any atom is -0.481 e. The number of hydrogen-bond donors (Lipinski definition) is 4. The number of aliphatic carboxylic acids is 1. The molecule has 9 heteroatoms. The molecule has 0 saturated carbocycles. The normalized spacial score (nSPS) is 13.8. The van der Waals surface area contributed by atoms with Gasteiger partial charge in [-0.05, 0) is 35.1 Å². The number of nitrogens with one attached hydrogen (secondary N) is 3. The molecule has 0 heterocycles. The molecule has 0 bridgehead atoms. The number of hydrogen-bond acceptors (Lipinski definition) is 5. The summed E-state index contributed by atoms with van der Waals surface area (Å²) in [7, 11) is 0. The predicted octanol–water partition coefficient (Wildman–Crippen LogP) is 2.65. The Labute approximate surface area is 204 Å². The highest BCUT2D eigenvalue weighted by molar-refractivity contribution is 5.93. The second-order valence-corrected chi connectivity index (χ2v) is 8.99. The van der Waals surface area contributed by atoms with Gasteiger partial charge in [0, 0.05) is 12.5 Å². The van der Waals surface area contributed by atoms with Gasteiger partial charge in [-0.15, -0.1) is 0 Å². The molecule has 0 aromatic heterocycles. The van der Waals surface area contributed by atoms with Crippen molar-refractivity contribution in [3.05, 3.63) is 59.7 Å². The third-order valence-corrected chi connectivity index (χ3v) is 5.77. The molecule has 2 unspecified atom stereocenters. The fraction of sp³-hybridized carbons (Fsp3) is 0.385. The highest BCUT2D eigenvalue weighted by atomic mass is 16.5. The zero-order valence-electron chi connectivity index (χ0n) is 20.0. The van der Waals surface area contributed by atoms with Gasteiger partial charge in [0.2, 0.25) is 11.8 Å². The van der Waals surface area contributed by atoms with Gasteiger partial charge in [-0.25, -0.2) is 4.79 Å². The fourth-order valence-electron chi connectivity index (χ4n) is 4.00. The van der Waals surface area contributed by atoms with E-state index in [9.17, 15) is 24.3 Å². The highest BCUT2D eigenvalue weighted by Gasteiger charge is 2.31. The number of carbonyl (C=O) groups is 4. The Balaban J connectivity index is 1.61. The quantitative estimate of drug-likeness (QED) is 0.412. The van der Waals surface area contributed by atoms with Crippen molar-refractivity contribution in [1.29, 1.82) is 0 Å². The molecule has 2 atom stereocenters. The summed E-state index contributed by atoms with van der Waals surface area (Å²) in [6.45, 7) is 5.82. The Bertz CT molecular complexity index is 1050. The van der Waals surface area contributed by atoms with Gasteiger partial charge in [-0.1, -0.05) is 62.4 Å². The summed E-state index contributed by atoms with van der Waals surface area (Å²) in [4.78, 5) is 48.6. The minimum atomic E-state index is -1.40. The monoisotopic (exact) mass is 481 g/mol. The van der Waals surface area contributed by atoms with E-state index in [2.05, 4.69) is 16.0 Å². The van der Waals surface area contributed by atoms with E-state index in [1.807, 2.05) is 62.4 Å². The average Bonchev–Trinajstić information content (AvgIpc) is 3.14. The van der Waals surface area contributed by atoms with Crippen LogP contribution in [-0.2, 0) is 19.1 Å².